The second-order valence-corrected chi connectivity index (χ2v) is 9.20. The van der Waals surface area contributed by atoms with Gasteiger partial charge in [0.25, 0.3) is 5.91 Å². The van der Waals surface area contributed by atoms with E-state index < -0.39 is 30.3 Å². The Morgan fingerprint density at radius 2 is 2.09 bits per heavy atom. The van der Waals surface area contributed by atoms with E-state index in [1.807, 2.05) is 0 Å². The summed E-state index contributed by atoms with van der Waals surface area (Å²) in [6.45, 7) is 1.37. The molecule has 2 aromatic heterocycles. The first-order valence-electron chi connectivity index (χ1n) is 11.8. The van der Waals surface area contributed by atoms with Gasteiger partial charge in [-0.05, 0) is 50.4 Å². The Morgan fingerprint density at radius 1 is 1.35 bits per heavy atom. The highest BCUT2D eigenvalue weighted by Gasteiger charge is 2.33. The first-order valence-corrected chi connectivity index (χ1v) is 11.8. The van der Waals surface area contributed by atoms with Gasteiger partial charge in [-0.3, -0.25) is 9.36 Å². The van der Waals surface area contributed by atoms with Crippen molar-refractivity contribution in [2.24, 2.45) is 5.92 Å². The maximum Gasteiger partial charge on any atom is 0.252 e. The van der Waals surface area contributed by atoms with Crippen molar-refractivity contribution >= 4 is 22.9 Å². The predicted octanol–water partition coefficient (Wildman–Crippen LogP) is 0.0658. The summed E-state index contributed by atoms with van der Waals surface area (Å²) < 4.78 is 7.15. The second-order valence-electron chi connectivity index (χ2n) is 9.20. The predicted molar refractivity (Wildman–Crippen MR) is 123 cm³/mol. The summed E-state index contributed by atoms with van der Waals surface area (Å²) >= 11 is 0. The Labute approximate surface area is 197 Å². The summed E-state index contributed by atoms with van der Waals surface area (Å²) in [5, 5.41) is 32.9. The van der Waals surface area contributed by atoms with Crippen molar-refractivity contribution in [2.45, 2.75) is 82.5 Å². The van der Waals surface area contributed by atoms with Crippen LogP contribution >= 0.6 is 0 Å². The minimum atomic E-state index is -1.38. The van der Waals surface area contributed by atoms with Gasteiger partial charge in [-0.2, -0.15) is 0 Å². The minimum Gasteiger partial charge on any atom is -0.394 e. The molecular formula is C23H32N6O5. The zero-order valence-corrected chi connectivity index (χ0v) is 19.3. The lowest BCUT2D eigenvalue weighted by atomic mass is 9.78. The van der Waals surface area contributed by atoms with Crippen molar-refractivity contribution in [2.75, 3.05) is 12.3 Å². The molecule has 2 fully saturated rings. The number of carbonyl (C=O) groups excluding carboxylic acids is 1. The highest BCUT2D eigenvalue weighted by Crippen LogP contribution is 2.33. The van der Waals surface area contributed by atoms with Gasteiger partial charge in [-0.15, -0.1) is 0 Å². The average Bonchev–Trinajstić information content (AvgIpc) is 3.55. The number of rotatable bonds is 8. The van der Waals surface area contributed by atoms with Crippen LogP contribution in [-0.4, -0.2) is 71.2 Å². The lowest BCUT2D eigenvalue weighted by Crippen LogP contribution is -2.46. The molecule has 2 aromatic rings. The third kappa shape index (κ3) is 5.64. The number of hydrogen-bond acceptors (Lipinski definition) is 9. The smallest absolute Gasteiger partial charge is 0.252 e. The molecule has 184 valence electrons. The topological polar surface area (TPSA) is 169 Å². The standard InChI is InChI=1S/C23H32N6O5/c1-2-14-5-8-23(33,9-6-14)10-7-17-27-20(24)18-21(28-17)29(12-25-18)13-34-19(16(31)11-30)22(32)26-15-3-4-15/h12,14-16,19,30-31,33H,2-6,8-9,11,13H2,1H3,(H,26,32)(H2,24,27,28). The Morgan fingerprint density at radius 3 is 2.74 bits per heavy atom. The number of nitrogens with zero attached hydrogens (tertiary/aromatic N) is 4. The molecule has 0 spiro atoms. The molecule has 2 heterocycles. The van der Waals surface area contributed by atoms with Crippen LogP contribution in [-0.2, 0) is 16.3 Å². The fraction of sp³-hybridized carbons (Fsp3) is 0.652. The number of amides is 1. The molecule has 0 bridgehead atoms. The Kier molecular flexibility index (Phi) is 7.33. The number of aromatic nitrogens is 4. The van der Waals surface area contributed by atoms with Gasteiger partial charge in [0, 0.05) is 6.04 Å². The third-order valence-electron chi connectivity index (χ3n) is 6.52. The monoisotopic (exact) mass is 472 g/mol. The molecule has 0 aliphatic heterocycles. The van der Waals surface area contributed by atoms with Gasteiger partial charge in [0.1, 0.15) is 24.0 Å². The van der Waals surface area contributed by atoms with Gasteiger partial charge >= 0.3 is 0 Å². The number of imidazole rings is 1. The summed E-state index contributed by atoms with van der Waals surface area (Å²) in [4.78, 5) is 25.2. The van der Waals surface area contributed by atoms with E-state index in [-0.39, 0.29) is 24.4 Å². The van der Waals surface area contributed by atoms with Crippen molar-refractivity contribution in [3.8, 4) is 11.8 Å². The van der Waals surface area contributed by atoms with Gasteiger partial charge in [0.2, 0.25) is 5.82 Å². The van der Waals surface area contributed by atoms with Crippen LogP contribution in [0.15, 0.2) is 6.33 Å². The fourth-order valence-electron chi connectivity index (χ4n) is 4.11. The fourth-order valence-corrected chi connectivity index (χ4v) is 4.11. The molecule has 2 saturated carbocycles. The van der Waals surface area contributed by atoms with Gasteiger partial charge in [-0.1, -0.05) is 19.3 Å². The van der Waals surface area contributed by atoms with Crippen LogP contribution in [0.4, 0.5) is 5.82 Å². The number of carbonyl (C=O) groups is 1. The van der Waals surface area contributed by atoms with E-state index in [1.165, 1.54) is 10.9 Å². The molecule has 4 rings (SSSR count). The second kappa shape index (κ2) is 10.2. The quantitative estimate of drug-likeness (QED) is 0.334. The number of ether oxygens (including phenoxy) is 1. The van der Waals surface area contributed by atoms with E-state index in [9.17, 15) is 20.1 Å². The first kappa shape index (κ1) is 24.3. The summed E-state index contributed by atoms with van der Waals surface area (Å²) in [5.74, 6) is 6.20. The van der Waals surface area contributed by atoms with E-state index in [0.29, 0.717) is 29.9 Å². The molecule has 6 N–H and O–H groups in total. The summed E-state index contributed by atoms with van der Waals surface area (Å²) in [6, 6.07) is 0.0825. The van der Waals surface area contributed by atoms with Gasteiger partial charge in [-0.25, -0.2) is 15.0 Å². The minimum absolute atomic E-state index is 0.0825. The zero-order chi connectivity index (χ0) is 24.3. The molecule has 34 heavy (non-hydrogen) atoms. The van der Waals surface area contributed by atoms with Gasteiger partial charge in [0.05, 0.1) is 12.9 Å². The number of nitrogens with one attached hydrogen (secondary N) is 1. The van der Waals surface area contributed by atoms with E-state index in [1.54, 1.807) is 0 Å². The van der Waals surface area contributed by atoms with Crippen LogP contribution in [0.2, 0.25) is 0 Å². The number of hydrogen-bond donors (Lipinski definition) is 5. The molecule has 2 atom stereocenters. The highest BCUT2D eigenvalue weighted by molar-refractivity contribution is 5.82. The van der Waals surface area contributed by atoms with Crippen molar-refractivity contribution < 1.29 is 24.9 Å². The molecule has 1 amide bonds. The number of anilines is 1. The normalized spacial score (nSPS) is 24.3. The molecule has 0 aromatic carbocycles. The lowest BCUT2D eigenvalue weighted by Gasteiger charge is -2.31. The Hall–Kier alpha value is -2.78. The van der Waals surface area contributed by atoms with Crippen LogP contribution in [0.5, 0.6) is 0 Å². The zero-order valence-electron chi connectivity index (χ0n) is 19.3. The molecule has 2 unspecified atom stereocenters. The van der Waals surface area contributed by atoms with Crippen LogP contribution in [0.3, 0.4) is 0 Å². The summed E-state index contributed by atoms with van der Waals surface area (Å²) in [7, 11) is 0. The SMILES string of the molecule is CCC1CCC(O)(C#Cc2nc(N)c3ncn(COC(C(=O)NC4CC4)C(O)CO)c3n2)CC1. The average molecular weight is 473 g/mol. The maximum absolute atomic E-state index is 12.4. The maximum atomic E-state index is 12.4. The van der Waals surface area contributed by atoms with Crippen molar-refractivity contribution in [3.63, 3.8) is 0 Å². The largest absolute Gasteiger partial charge is 0.394 e. The van der Waals surface area contributed by atoms with E-state index >= 15 is 0 Å². The molecule has 0 saturated heterocycles. The van der Waals surface area contributed by atoms with Crippen molar-refractivity contribution in [1.29, 1.82) is 0 Å². The van der Waals surface area contributed by atoms with E-state index in [2.05, 4.69) is 39.0 Å². The number of nitrogen functional groups attached to an aromatic ring is 1. The highest BCUT2D eigenvalue weighted by atomic mass is 16.5. The van der Waals surface area contributed by atoms with Crippen molar-refractivity contribution in [1.82, 2.24) is 24.8 Å². The molecular weight excluding hydrogens is 440 g/mol. The lowest BCUT2D eigenvalue weighted by molar-refractivity contribution is -0.147. The molecule has 0 radical (unpaired) electrons. The van der Waals surface area contributed by atoms with E-state index in [4.69, 9.17) is 10.5 Å². The number of fused-ring (bicyclic) bond motifs is 1. The van der Waals surface area contributed by atoms with Crippen molar-refractivity contribution in [3.05, 3.63) is 12.2 Å². The van der Waals surface area contributed by atoms with Gasteiger partial charge < -0.3 is 31.1 Å². The summed E-state index contributed by atoms with van der Waals surface area (Å²) in [6.07, 6.45) is 4.76. The van der Waals surface area contributed by atoms with Crippen LogP contribution in [0.1, 0.15) is 57.7 Å². The Balaban J connectivity index is 1.50. The summed E-state index contributed by atoms with van der Waals surface area (Å²) in [5.41, 5.74) is 5.67. The number of aliphatic hydroxyl groups excluding tert-OH is 2. The first-order chi connectivity index (χ1) is 16.3. The Bertz CT molecular complexity index is 1080. The third-order valence-corrected chi connectivity index (χ3v) is 6.52. The molecule has 2 aliphatic rings. The van der Waals surface area contributed by atoms with E-state index in [0.717, 1.165) is 32.1 Å². The number of nitrogens with two attached hydrogens (primary N) is 1. The number of aliphatic hydroxyl groups is 3. The van der Waals surface area contributed by atoms with Crippen LogP contribution in [0.25, 0.3) is 11.2 Å². The molecule has 11 nitrogen and oxygen atoms in total. The van der Waals surface area contributed by atoms with Crippen LogP contribution in [0, 0.1) is 17.8 Å². The molecule has 2 aliphatic carbocycles. The van der Waals surface area contributed by atoms with Crippen LogP contribution < -0.4 is 11.1 Å². The molecule has 11 heteroatoms. The van der Waals surface area contributed by atoms with Gasteiger partial charge in [0.15, 0.2) is 17.6 Å².